The first-order valence-electron chi connectivity index (χ1n) is 6.43. The summed E-state index contributed by atoms with van der Waals surface area (Å²) in [6.07, 6.45) is 1.71. The second kappa shape index (κ2) is 4.85. The monoisotopic (exact) mass is 265 g/mol. The highest BCUT2D eigenvalue weighted by molar-refractivity contribution is 5.82. The summed E-state index contributed by atoms with van der Waals surface area (Å²) in [6, 6.07) is 8.01. The number of nitrogens with one attached hydrogen (secondary N) is 1. The van der Waals surface area contributed by atoms with E-state index in [4.69, 9.17) is 0 Å². The van der Waals surface area contributed by atoms with E-state index in [-0.39, 0.29) is 0 Å². The Labute approximate surface area is 117 Å². The van der Waals surface area contributed by atoms with Gasteiger partial charge in [0, 0.05) is 17.3 Å². The minimum atomic E-state index is 0.511. The summed E-state index contributed by atoms with van der Waals surface area (Å²) in [5, 5.41) is 4.11. The predicted molar refractivity (Wildman–Crippen MR) is 79.1 cm³/mol. The molecular formula is C15H15N5. The number of hydrogen-bond donors (Lipinski definition) is 1. The van der Waals surface area contributed by atoms with Crippen LogP contribution < -0.4 is 5.32 Å². The molecule has 0 amide bonds. The first kappa shape index (κ1) is 12.5. The van der Waals surface area contributed by atoms with Crippen LogP contribution in [0.1, 0.15) is 17.0 Å². The van der Waals surface area contributed by atoms with Crippen molar-refractivity contribution < 1.29 is 0 Å². The quantitative estimate of drug-likeness (QED) is 0.771. The first-order valence-corrected chi connectivity index (χ1v) is 6.43. The Morgan fingerprint density at radius 2 is 1.75 bits per heavy atom. The van der Waals surface area contributed by atoms with Crippen LogP contribution in [-0.4, -0.2) is 19.9 Å². The molecule has 2 aromatic heterocycles. The SMILES string of the molecule is Cc1ccc2c(C)nc(Nc3nccc(C)n3)nc2c1. The highest BCUT2D eigenvalue weighted by Crippen LogP contribution is 2.19. The maximum Gasteiger partial charge on any atom is 0.230 e. The van der Waals surface area contributed by atoms with Crippen molar-refractivity contribution in [1.29, 1.82) is 0 Å². The molecule has 3 rings (SSSR count). The van der Waals surface area contributed by atoms with Gasteiger partial charge < -0.3 is 0 Å². The molecule has 1 aromatic carbocycles. The van der Waals surface area contributed by atoms with Gasteiger partial charge >= 0.3 is 0 Å². The molecule has 2 heterocycles. The van der Waals surface area contributed by atoms with Crippen LogP contribution in [0.25, 0.3) is 10.9 Å². The van der Waals surface area contributed by atoms with E-state index >= 15 is 0 Å². The molecule has 5 nitrogen and oxygen atoms in total. The maximum atomic E-state index is 4.52. The fourth-order valence-corrected chi connectivity index (χ4v) is 2.06. The molecule has 3 aromatic rings. The molecule has 0 aliphatic heterocycles. The van der Waals surface area contributed by atoms with Crippen molar-refractivity contribution in [2.75, 3.05) is 5.32 Å². The van der Waals surface area contributed by atoms with Gasteiger partial charge in [0.25, 0.3) is 0 Å². The van der Waals surface area contributed by atoms with E-state index in [0.717, 1.165) is 22.3 Å². The molecule has 1 N–H and O–H groups in total. The number of aryl methyl sites for hydroxylation is 3. The summed E-state index contributed by atoms with van der Waals surface area (Å²) in [5.74, 6) is 1.03. The van der Waals surface area contributed by atoms with Gasteiger partial charge in [-0.05, 0) is 38.5 Å². The van der Waals surface area contributed by atoms with Gasteiger partial charge in [-0.3, -0.25) is 5.32 Å². The van der Waals surface area contributed by atoms with E-state index in [9.17, 15) is 0 Å². The van der Waals surface area contributed by atoms with Crippen molar-refractivity contribution in [2.45, 2.75) is 20.8 Å². The summed E-state index contributed by atoms with van der Waals surface area (Å²) in [4.78, 5) is 17.4. The lowest BCUT2D eigenvalue weighted by Crippen LogP contribution is -2.03. The van der Waals surface area contributed by atoms with E-state index in [0.29, 0.717) is 11.9 Å². The van der Waals surface area contributed by atoms with Crippen LogP contribution in [0.5, 0.6) is 0 Å². The summed E-state index contributed by atoms with van der Waals surface area (Å²) in [6.45, 7) is 5.94. The fraction of sp³-hybridized carbons (Fsp3) is 0.200. The molecule has 0 saturated carbocycles. The minimum absolute atomic E-state index is 0.511. The molecular weight excluding hydrogens is 250 g/mol. The van der Waals surface area contributed by atoms with Crippen LogP contribution in [0.3, 0.4) is 0 Å². The molecule has 0 radical (unpaired) electrons. The summed E-state index contributed by atoms with van der Waals surface area (Å²) >= 11 is 0. The van der Waals surface area contributed by atoms with Crippen molar-refractivity contribution in [3.05, 3.63) is 47.4 Å². The molecule has 5 heteroatoms. The molecule has 0 atom stereocenters. The summed E-state index contributed by atoms with van der Waals surface area (Å²) < 4.78 is 0. The number of rotatable bonds is 2. The zero-order chi connectivity index (χ0) is 14.1. The van der Waals surface area contributed by atoms with Gasteiger partial charge in [0.2, 0.25) is 11.9 Å². The number of fused-ring (bicyclic) bond motifs is 1. The third-order valence-corrected chi connectivity index (χ3v) is 3.06. The van der Waals surface area contributed by atoms with E-state index in [1.165, 1.54) is 5.56 Å². The Morgan fingerprint density at radius 3 is 2.55 bits per heavy atom. The van der Waals surface area contributed by atoms with Crippen molar-refractivity contribution in [3.63, 3.8) is 0 Å². The number of benzene rings is 1. The summed E-state index contributed by atoms with van der Waals surface area (Å²) in [7, 11) is 0. The Kier molecular flexibility index (Phi) is 3.02. The Hall–Kier alpha value is -2.56. The lowest BCUT2D eigenvalue weighted by atomic mass is 10.1. The molecule has 100 valence electrons. The van der Waals surface area contributed by atoms with Crippen LogP contribution in [0.2, 0.25) is 0 Å². The molecule has 0 unspecified atom stereocenters. The number of aromatic nitrogens is 4. The number of anilines is 2. The van der Waals surface area contributed by atoms with Gasteiger partial charge in [-0.1, -0.05) is 12.1 Å². The Balaban J connectivity index is 2.04. The smallest absolute Gasteiger partial charge is 0.230 e. The Morgan fingerprint density at radius 1 is 0.900 bits per heavy atom. The fourth-order valence-electron chi connectivity index (χ4n) is 2.06. The van der Waals surface area contributed by atoms with Crippen LogP contribution in [-0.2, 0) is 0 Å². The van der Waals surface area contributed by atoms with Crippen LogP contribution >= 0.6 is 0 Å². The third kappa shape index (κ3) is 2.42. The highest BCUT2D eigenvalue weighted by atomic mass is 15.2. The van der Waals surface area contributed by atoms with Crippen molar-refractivity contribution in [3.8, 4) is 0 Å². The van der Waals surface area contributed by atoms with Gasteiger partial charge in [-0.25, -0.2) is 19.9 Å². The van der Waals surface area contributed by atoms with E-state index in [1.54, 1.807) is 6.20 Å². The third-order valence-electron chi connectivity index (χ3n) is 3.06. The summed E-state index contributed by atoms with van der Waals surface area (Å²) in [5.41, 5.74) is 3.93. The predicted octanol–water partition coefficient (Wildman–Crippen LogP) is 3.09. The maximum absolute atomic E-state index is 4.52. The normalized spacial score (nSPS) is 10.8. The van der Waals surface area contributed by atoms with Crippen molar-refractivity contribution >= 4 is 22.8 Å². The second-order valence-electron chi connectivity index (χ2n) is 4.80. The van der Waals surface area contributed by atoms with Crippen LogP contribution in [0, 0.1) is 20.8 Å². The van der Waals surface area contributed by atoms with Crippen molar-refractivity contribution in [1.82, 2.24) is 19.9 Å². The largest absolute Gasteiger partial charge is 0.293 e. The lowest BCUT2D eigenvalue weighted by molar-refractivity contribution is 1.07. The standard InChI is InChI=1S/C15H15N5/c1-9-4-5-12-11(3)18-15(19-13(12)8-9)20-14-16-7-6-10(2)17-14/h4-8H,1-3H3,(H,16,17,18,19,20). The van der Waals surface area contributed by atoms with E-state index in [2.05, 4.69) is 31.3 Å². The Bertz CT molecular complexity index is 782. The van der Waals surface area contributed by atoms with Gasteiger partial charge in [0.1, 0.15) is 0 Å². The van der Waals surface area contributed by atoms with Crippen LogP contribution in [0.15, 0.2) is 30.5 Å². The molecule has 20 heavy (non-hydrogen) atoms. The average molecular weight is 265 g/mol. The number of nitrogens with zero attached hydrogens (tertiary/aromatic N) is 4. The zero-order valence-electron chi connectivity index (χ0n) is 11.7. The topological polar surface area (TPSA) is 63.6 Å². The molecule has 0 spiro atoms. The molecule has 0 aliphatic carbocycles. The first-order chi connectivity index (χ1) is 9.61. The number of hydrogen-bond acceptors (Lipinski definition) is 5. The molecule has 0 aliphatic rings. The second-order valence-corrected chi connectivity index (χ2v) is 4.80. The van der Waals surface area contributed by atoms with Gasteiger partial charge in [0.15, 0.2) is 0 Å². The van der Waals surface area contributed by atoms with Gasteiger partial charge in [-0.15, -0.1) is 0 Å². The average Bonchev–Trinajstić information content (AvgIpc) is 2.38. The van der Waals surface area contributed by atoms with Crippen LogP contribution in [0.4, 0.5) is 11.9 Å². The lowest BCUT2D eigenvalue weighted by Gasteiger charge is -2.07. The minimum Gasteiger partial charge on any atom is -0.293 e. The van der Waals surface area contributed by atoms with E-state index in [1.807, 2.05) is 39.0 Å². The van der Waals surface area contributed by atoms with Gasteiger partial charge in [0.05, 0.1) is 11.2 Å². The molecule has 0 fully saturated rings. The van der Waals surface area contributed by atoms with Gasteiger partial charge in [-0.2, -0.15) is 0 Å². The van der Waals surface area contributed by atoms with E-state index < -0.39 is 0 Å². The highest BCUT2D eigenvalue weighted by Gasteiger charge is 2.06. The zero-order valence-corrected chi connectivity index (χ0v) is 11.7. The molecule has 0 bridgehead atoms. The van der Waals surface area contributed by atoms with Crippen molar-refractivity contribution in [2.24, 2.45) is 0 Å². The molecule has 0 saturated heterocycles.